The van der Waals surface area contributed by atoms with Gasteiger partial charge in [-0.1, -0.05) is 27.7 Å². The SMILES string of the molecule is CCC(C)(C)C(=O)NCC1(C)CCCNC1.Cl. The van der Waals surface area contributed by atoms with Gasteiger partial charge in [-0.25, -0.2) is 0 Å². The second kappa shape index (κ2) is 6.60. The van der Waals surface area contributed by atoms with E-state index in [1.54, 1.807) is 0 Å². The van der Waals surface area contributed by atoms with E-state index >= 15 is 0 Å². The average molecular weight is 263 g/mol. The van der Waals surface area contributed by atoms with Crippen LogP contribution in [0.4, 0.5) is 0 Å². The molecule has 0 saturated carbocycles. The van der Waals surface area contributed by atoms with E-state index in [0.29, 0.717) is 0 Å². The molecule has 1 atom stereocenters. The maximum atomic E-state index is 11.9. The van der Waals surface area contributed by atoms with Crippen molar-refractivity contribution in [2.75, 3.05) is 19.6 Å². The van der Waals surface area contributed by atoms with Gasteiger partial charge in [0.2, 0.25) is 5.91 Å². The number of rotatable bonds is 4. The molecule has 1 saturated heterocycles. The fraction of sp³-hybridized carbons (Fsp3) is 0.923. The van der Waals surface area contributed by atoms with E-state index in [9.17, 15) is 4.79 Å². The molecule has 0 aromatic carbocycles. The Kier molecular flexibility index (Phi) is 6.49. The molecule has 1 aliphatic rings. The monoisotopic (exact) mass is 262 g/mol. The molecule has 102 valence electrons. The Balaban J connectivity index is 0.00000256. The molecule has 1 unspecified atom stereocenters. The highest BCUT2D eigenvalue weighted by molar-refractivity contribution is 5.85. The lowest BCUT2D eigenvalue weighted by molar-refractivity contribution is -0.130. The van der Waals surface area contributed by atoms with Gasteiger partial charge < -0.3 is 10.6 Å². The first-order chi connectivity index (χ1) is 7.40. The number of carbonyl (C=O) groups is 1. The third-order valence-electron chi connectivity index (χ3n) is 3.86. The van der Waals surface area contributed by atoms with Crippen molar-refractivity contribution in [3.05, 3.63) is 0 Å². The standard InChI is InChI=1S/C13H26N2O.ClH/c1-5-12(2,3)11(16)15-10-13(4)7-6-8-14-9-13;/h14H,5-10H2,1-4H3,(H,15,16);1H. The molecule has 1 amide bonds. The van der Waals surface area contributed by atoms with Crippen molar-refractivity contribution in [3.8, 4) is 0 Å². The highest BCUT2D eigenvalue weighted by Gasteiger charge is 2.30. The van der Waals surface area contributed by atoms with Crippen LogP contribution in [0.15, 0.2) is 0 Å². The van der Waals surface area contributed by atoms with Crippen LogP contribution in [-0.4, -0.2) is 25.5 Å². The van der Waals surface area contributed by atoms with Crippen molar-refractivity contribution in [3.63, 3.8) is 0 Å². The summed E-state index contributed by atoms with van der Waals surface area (Å²) in [5.74, 6) is 0.182. The van der Waals surface area contributed by atoms with Crippen LogP contribution in [0.2, 0.25) is 0 Å². The minimum Gasteiger partial charge on any atom is -0.355 e. The van der Waals surface area contributed by atoms with Crippen molar-refractivity contribution >= 4 is 18.3 Å². The van der Waals surface area contributed by atoms with Crippen molar-refractivity contribution in [1.82, 2.24) is 10.6 Å². The van der Waals surface area contributed by atoms with Gasteiger partial charge in [0.25, 0.3) is 0 Å². The molecular weight excluding hydrogens is 236 g/mol. The van der Waals surface area contributed by atoms with Gasteiger partial charge in [0.05, 0.1) is 0 Å². The van der Waals surface area contributed by atoms with E-state index in [-0.39, 0.29) is 29.1 Å². The third-order valence-corrected chi connectivity index (χ3v) is 3.86. The molecule has 1 fully saturated rings. The molecule has 0 aromatic heterocycles. The fourth-order valence-electron chi connectivity index (χ4n) is 1.96. The maximum absolute atomic E-state index is 11.9. The summed E-state index contributed by atoms with van der Waals surface area (Å²) >= 11 is 0. The molecule has 0 bridgehead atoms. The average Bonchev–Trinajstić information content (AvgIpc) is 2.27. The molecule has 2 N–H and O–H groups in total. The van der Waals surface area contributed by atoms with Crippen LogP contribution in [0.5, 0.6) is 0 Å². The van der Waals surface area contributed by atoms with E-state index < -0.39 is 0 Å². The summed E-state index contributed by atoms with van der Waals surface area (Å²) in [7, 11) is 0. The van der Waals surface area contributed by atoms with Crippen LogP contribution in [0.25, 0.3) is 0 Å². The maximum Gasteiger partial charge on any atom is 0.225 e. The van der Waals surface area contributed by atoms with E-state index in [1.807, 2.05) is 13.8 Å². The van der Waals surface area contributed by atoms with Crippen molar-refractivity contribution < 1.29 is 4.79 Å². The summed E-state index contributed by atoms with van der Waals surface area (Å²) in [6.45, 7) is 11.2. The minimum atomic E-state index is -0.238. The number of hydrogen-bond acceptors (Lipinski definition) is 2. The smallest absolute Gasteiger partial charge is 0.225 e. The summed E-state index contributed by atoms with van der Waals surface area (Å²) in [5.41, 5.74) is -0.00378. The summed E-state index contributed by atoms with van der Waals surface area (Å²) in [5, 5.41) is 6.51. The zero-order valence-corrected chi connectivity index (χ0v) is 12.4. The van der Waals surface area contributed by atoms with Gasteiger partial charge in [0, 0.05) is 18.5 Å². The highest BCUT2D eigenvalue weighted by Crippen LogP contribution is 2.25. The van der Waals surface area contributed by atoms with Crippen LogP contribution in [0.3, 0.4) is 0 Å². The largest absolute Gasteiger partial charge is 0.355 e. The van der Waals surface area contributed by atoms with E-state index in [1.165, 1.54) is 12.8 Å². The molecule has 17 heavy (non-hydrogen) atoms. The third kappa shape index (κ3) is 4.84. The number of carbonyl (C=O) groups excluding carboxylic acids is 1. The van der Waals surface area contributed by atoms with Crippen molar-refractivity contribution in [1.29, 1.82) is 0 Å². The second-order valence-corrected chi connectivity index (χ2v) is 6.01. The molecule has 0 radical (unpaired) electrons. The summed E-state index contributed by atoms with van der Waals surface area (Å²) in [4.78, 5) is 11.9. The van der Waals surface area contributed by atoms with Gasteiger partial charge in [-0.15, -0.1) is 12.4 Å². The van der Waals surface area contributed by atoms with Crippen LogP contribution < -0.4 is 10.6 Å². The Morgan fingerprint density at radius 2 is 2.12 bits per heavy atom. The molecule has 1 heterocycles. The van der Waals surface area contributed by atoms with Gasteiger partial charge >= 0.3 is 0 Å². The van der Waals surface area contributed by atoms with Crippen molar-refractivity contribution in [2.24, 2.45) is 10.8 Å². The van der Waals surface area contributed by atoms with Crippen molar-refractivity contribution in [2.45, 2.75) is 47.0 Å². The molecule has 1 aliphatic heterocycles. The Labute approximate surface area is 112 Å². The Morgan fingerprint density at radius 3 is 2.59 bits per heavy atom. The molecule has 1 rings (SSSR count). The van der Waals surface area contributed by atoms with Gasteiger partial charge in [-0.2, -0.15) is 0 Å². The molecule has 0 aromatic rings. The van der Waals surface area contributed by atoms with Crippen LogP contribution in [0.1, 0.15) is 47.0 Å². The second-order valence-electron chi connectivity index (χ2n) is 6.01. The predicted octanol–water partition coefficient (Wildman–Crippen LogP) is 2.35. The van der Waals surface area contributed by atoms with Gasteiger partial charge in [0.15, 0.2) is 0 Å². The van der Waals surface area contributed by atoms with Gasteiger partial charge in [-0.3, -0.25) is 4.79 Å². The molecule has 0 aliphatic carbocycles. The molecule has 3 nitrogen and oxygen atoms in total. The van der Waals surface area contributed by atoms with Crippen LogP contribution >= 0.6 is 12.4 Å². The fourth-order valence-corrected chi connectivity index (χ4v) is 1.96. The lowest BCUT2D eigenvalue weighted by atomic mass is 9.82. The molecular formula is C13H27ClN2O. The number of piperidine rings is 1. The molecule has 4 heteroatoms. The first kappa shape index (κ1) is 16.7. The predicted molar refractivity (Wildman–Crippen MR) is 74.5 cm³/mol. The lowest BCUT2D eigenvalue weighted by Crippen LogP contribution is -2.48. The Morgan fingerprint density at radius 1 is 1.47 bits per heavy atom. The van der Waals surface area contributed by atoms with Gasteiger partial charge in [0.1, 0.15) is 0 Å². The summed E-state index contributed by atoms with van der Waals surface area (Å²) in [6.07, 6.45) is 3.30. The number of hydrogen-bond donors (Lipinski definition) is 2. The number of amides is 1. The Hall–Kier alpha value is -0.280. The quantitative estimate of drug-likeness (QED) is 0.817. The number of nitrogens with one attached hydrogen (secondary N) is 2. The lowest BCUT2D eigenvalue weighted by Gasteiger charge is -2.35. The normalized spacial score (nSPS) is 24.9. The first-order valence-corrected chi connectivity index (χ1v) is 6.39. The Bertz CT molecular complexity index is 248. The summed E-state index contributed by atoms with van der Waals surface area (Å²) < 4.78 is 0. The first-order valence-electron chi connectivity index (χ1n) is 6.39. The zero-order chi connectivity index (χ0) is 12.2. The summed E-state index contributed by atoms with van der Waals surface area (Å²) in [6, 6.07) is 0. The minimum absolute atomic E-state index is 0. The molecule has 0 spiro atoms. The van der Waals surface area contributed by atoms with Gasteiger partial charge in [-0.05, 0) is 31.2 Å². The highest BCUT2D eigenvalue weighted by atomic mass is 35.5. The zero-order valence-electron chi connectivity index (χ0n) is 11.6. The van der Waals surface area contributed by atoms with Crippen LogP contribution in [0, 0.1) is 10.8 Å². The van der Waals surface area contributed by atoms with E-state index in [4.69, 9.17) is 0 Å². The topological polar surface area (TPSA) is 41.1 Å². The van der Waals surface area contributed by atoms with Crippen LogP contribution in [-0.2, 0) is 4.79 Å². The number of halogens is 1. The van der Waals surface area contributed by atoms with E-state index in [2.05, 4.69) is 24.5 Å². The van der Waals surface area contributed by atoms with E-state index in [0.717, 1.165) is 26.1 Å².